The van der Waals surface area contributed by atoms with Gasteiger partial charge in [-0.05, 0) is 31.0 Å². The van der Waals surface area contributed by atoms with Crippen LogP contribution < -0.4 is 10.2 Å². The zero-order chi connectivity index (χ0) is 17.6. The molecule has 0 atom stereocenters. The summed E-state index contributed by atoms with van der Waals surface area (Å²) in [7, 11) is 3.90. The summed E-state index contributed by atoms with van der Waals surface area (Å²) in [6.07, 6.45) is 3.91. The van der Waals surface area contributed by atoms with Crippen molar-refractivity contribution in [3.63, 3.8) is 0 Å². The zero-order valence-corrected chi connectivity index (χ0v) is 15.3. The number of rotatable bonds is 7. The maximum Gasteiger partial charge on any atom is 0.220 e. The molecule has 0 fully saturated rings. The number of aryl methyl sites for hydroxylation is 1. The van der Waals surface area contributed by atoms with Gasteiger partial charge in [-0.2, -0.15) is 0 Å². The normalized spacial score (nSPS) is 10.8. The fraction of sp³-hybridized carbons (Fsp3) is 0.316. The van der Waals surface area contributed by atoms with Gasteiger partial charge in [0.2, 0.25) is 5.91 Å². The number of aromatic nitrogens is 2. The Morgan fingerprint density at radius 2 is 2.04 bits per heavy atom. The fourth-order valence-corrected chi connectivity index (χ4v) is 3.69. The molecule has 0 aliphatic rings. The van der Waals surface area contributed by atoms with Crippen molar-refractivity contribution in [2.24, 2.45) is 0 Å². The van der Waals surface area contributed by atoms with Gasteiger partial charge in [0.25, 0.3) is 0 Å². The highest BCUT2D eigenvalue weighted by atomic mass is 32.1. The van der Waals surface area contributed by atoms with Gasteiger partial charge in [-0.1, -0.05) is 18.2 Å². The Balaban J connectivity index is 1.47. The second-order valence-corrected chi connectivity index (χ2v) is 7.20. The molecule has 3 rings (SSSR count). The van der Waals surface area contributed by atoms with Crippen molar-refractivity contribution in [2.45, 2.75) is 25.8 Å². The first kappa shape index (κ1) is 17.4. The second-order valence-electron chi connectivity index (χ2n) is 6.09. The third kappa shape index (κ3) is 4.54. The van der Waals surface area contributed by atoms with Gasteiger partial charge in [-0.3, -0.25) is 4.79 Å². The molecule has 0 unspecified atom stereocenters. The minimum Gasteiger partial charge on any atom is -0.362 e. The van der Waals surface area contributed by atoms with E-state index in [0.717, 1.165) is 34.7 Å². The van der Waals surface area contributed by atoms with Gasteiger partial charge in [0, 0.05) is 38.8 Å². The Kier molecular flexibility index (Phi) is 5.60. The lowest BCUT2D eigenvalue weighted by atomic mass is 10.2. The largest absolute Gasteiger partial charge is 0.362 e. The third-order valence-corrected chi connectivity index (χ3v) is 5.00. The summed E-state index contributed by atoms with van der Waals surface area (Å²) in [5.74, 6) is 0.951. The lowest BCUT2D eigenvalue weighted by molar-refractivity contribution is -0.121. The highest BCUT2D eigenvalue weighted by Crippen LogP contribution is 2.22. The number of carbonyl (C=O) groups excluding carboxylic acids is 1. The standard InChI is InChI=1S/C19H22N4OS/c1-23(2)19-14(7-6-12-20-19)13-21-17(24)10-5-11-18-22-15-8-3-4-9-16(15)25-18/h3-4,6-9,12H,5,10-11,13H2,1-2H3,(H,21,24). The smallest absolute Gasteiger partial charge is 0.220 e. The lowest BCUT2D eigenvalue weighted by Crippen LogP contribution is -2.24. The van der Waals surface area contributed by atoms with Crippen molar-refractivity contribution in [3.8, 4) is 0 Å². The molecule has 2 aromatic heterocycles. The number of para-hydroxylation sites is 1. The molecule has 0 bridgehead atoms. The van der Waals surface area contributed by atoms with E-state index in [-0.39, 0.29) is 5.91 Å². The number of nitrogens with zero attached hydrogens (tertiary/aromatic N) is 3. The summed E-state index contributed by atoms with van der Waals surface area (Å²) in [6.45, 7) is 0.501. The molecule has 0 aliphatic heterocycles. The molecule has 5 nitrogen and oxygen atoms in total. The molecule has 130 valence electrons. The van der Waals surface area contributed by atoms with Crippen molar-refractivity contribution in [3.05, 3.63) is 53.2 Å². The Bertz CT molecular complexity index is 826. The predicted molar refractivity (Wildman–Crippen MR) is 103 cm³/mol. The van der Waals surface area contributed by atoms with Crippen molar-refractivity contribution < 1.29 is 4.79 Å². The molecule has 0 spiro atoms. The van der Waals surface area contributed by atoms with Crippen LogP contribution in [0.5, 0.6) is 0 Å². The van der Waals surface area contributed by atoms with E-state index in [1.165, 1.54) is 4.70 Å². The first-order chi connectivity index (χ1) is 12.1. The van der Waals surface area contributed by atoms with Crippen LogP contribution in [0.2, 0.25) is 0 Å². The second kappa shape index (κ2) is 8.07. The number of benzene rings is 1. The monoisotopic (exact) mass is 354 g/mol. The van der Waals surface area contributed by atoms with Gasteiger partial charge in [0.1, 0.15) is 5.82 Å². The van der Waals surface area contributed by atoms with Crippen LogP contribution in [-0.2, 0) is 17.8 Å². The number of thiazole rings is 1. The lowest BCUT2D eigenvalue weighted by Gasteiger charge is -2.16. The highest BCUT2D eigenvalue weighted by Gasteiger charge is 2.08. The highest BCUT2D eigenvalue weighted by molar-refractivity contribution is 7.18. The van der Waals surface area contributed by atoms with Crippen LogP contribution in [0, 0.1) is 0 Å². The van der Waals surface area contributed by atoms with Crippen molar-refractivity contribution in [1.82, 2.24) is 15.3 Å². The van der Waals surface area contributed by atoms with Crippen LogP contribution in [0.15, 0.2) is 42.6 Å². The minimum atomic E-state index is 0.0645. The number of nitrogens with one attached hydrogen (secondary N) is 1. The molecule has 1 amide bonds. The van der Waals surface area contributed by atoms with Gasteiger partial charge in [0.15, 0.2) is 0 Å². The Labute approximate surface area is 151 Å². The summed E-state index contributed by atoms with van der Waals surface area (Å²) in [5.41, 5.74) is 2.06. The molecule has 6 heteroatoms. The van der Waals surface area contributed by atoms with Crippen LogP contribution >= 0.6 is 11.3 Å². The van der Waals surface area contributed by atoms with Gasteiger partial charge >= 0.3 is 0 Å². The van der Waals surface area contributed by atoms with Crippen LogP contribution in [0.3, 0.4) is 0 Å². The number of amides is 1. The summed E-state index contributed by atoms with van der Waals surface area (Å²) in [6, 6.07) is 12.0. The van der Waals surface area contributed by atoms with E-state index in [2.05, 4.69) is 21.4 Å². The van der Waals surface area contributed by atoms with Gasteiger partial charge in [-0.25, -0.2) is 9.97 Å². The van der Waals surface area contributed by atoms with E-state index in [0.29, 0.717) is 13.0 Å². The Hall–Kier alpha value is -2.47. The summed E-state index contributed by atoms with van der Waals surface area (Å²) in [4.78, 5) is 23.0. The molecule has 1 N–H and O–H groups in total. The van der Waals surface area contributed by atoms with Crippen molar-refractivity contribution in [2.75, 3.05) is 19.0 Å². The fourth-order valence-electron chi connectivity index (χ4n) is 2.68. The number of pyridine rings is 1. The topological polar surface area (TPSA) is 58.1 Å². The summed E-state index contributed by atoms with van der Waals surface area (Å²) in [5, 5.41) is 4.08. The molecule has 0 saturated heterocycles. The van der Waals surface area contributed by atoms with E-state index in [1.807, 2.05) is 49.3 Å². The Morgan fingerprint density at radius 1 is 1.20 bits per heavy atom. The molecule has 25 heavy (non-hydrogen) atoms. The minimum absolute atomic E-state index is 0.0645. The predicted octanol–water partition coefficient (Wildman–Crippen LogP) is 3.40. The van der Waals surface area contributed by atoms with Crippen LogP contribution in [0.4, 0.5) is 5.82 Å². The third-order valence-electron chi connectivity index (χ3n) is 3.90. The maximum absolute atomic E-state index is 12.1. The SMILES string of the molecule is CN(C)c1ncccc1CNC(=O)CCCc1nc2ccccc2s1. The van der Waals surface area contributed by atoms with Gasteiger partial charge < -0.3 is 10.2 Å². The number of anilines is 1. The summed E-state index contributed by atoms with van der Waals surface area (Å²) < 4.78 is 1.20. The number of carbonyl (C=O) groups is 1. The molecule has 1 aromatic carbocycles. The zero-order valence-electron chi connectivity index (χ0n) is 14.5. The average molecular weight is 354 g/mol. The molecular weight excluding hydrogens is 332 g/mol. The van der Waals surface area contributed by atoms with E-state index < -0.39 is 0 Å². The van der Waals surface area contributed by atoms with Crippen LogP contribution in [-0.4, -0.2) is 30.0 Å². The van der Waals surface area contributed by atoms with Crippen molar-refractivity contribution >= 4 is 33.3 Å². The summed E-state index contributed by atoms with van der Waals surface area (Å²) >= 11 is 1.71. The molecule has 0 radical (unpaired) electrons. The Morgan fingerprint density at radius 3 is 2.84 bits per heavy atom. The molecule has 0 saturated carbocycles. The molecular formula is C19H22N4OS. The van der Waals surface area contributed by atoms with E-state index in [1.54, 1.807) is 17.5 Å². The maximum atomic E-state index is 12.1. The van der Waals surface area contributed by atoms with E-state index in [9.17, 15) is 4.79 Å². The molecule has 3 aromatic rings. The van der Waals surface area contributed by atoms with Gasteiger partial charge in [-0.15, -0.1) is 11.3 Å². The number of hydrogen-bond donors (Lipinski definition) is 1. The van der Waals surface area contributed by atoms with Crippen LogP contribution in [0.25, 0.3) is 10.2 Å². The first-order valence-electron chi connectivity index (χ1n) is 8.36. The average Bonchev–Trinajstić information content (AvgIpc) is 3.03. The van der Waals surface area contributed by atoms with Crippen LogP contribution in [0.1, 0.15) is 23.4 Å². The number of fused-ring (bicyclic) bond motifs is 1. The quantitative estimate of drug-likeness (QED) is 0.706. The van der Waals surface area contributed by atoms with Crippen molar-refractivity contribution in [1.29, 1.82) is 0 Å². The molecule has 2 heterocycles. The number of hydrogen-bond acceptors (Lipinski definition) is 5. The van der Waals surface area contributed by atoms with Gasteiger partial charge in [0.05, 0.1) is 15.2 Å². The molecule has 0 aliphatic carbocycles. The van der Waals surface area contributed by atoms with E-state index in [4.69, 9.17) is 0 Å². The first-order valence-corrected chi connectivity index (χ1v) is 9.17. The van der Waals surface area contributed by atoms with E-state index >= 15 is 0 Å².